The van der Waals surface area contributed by atoms with Gasteiger partial charge < -0.3 is 15.4 Å². The first-order valence-electron chi connectivity index (χ1n) is 7.42. The lowest BCUT2D eigenvalue weighted by molar-refractivity contribution is -0.131. The van der Waals surface area contributed by atoms with Gasteiger partial charge in [0.05, 0.1) is 5.69 Å². The fraction of sp³-hybridized carbons (Fsp3) is 0.500. The number of halogens is 1. The van der Waals surface area contributed by atoms with Gasteiger partial charge in [0.15, 0.2) is 0 Å². The molecule has 2 N–H and O–H groups in total. The van der Waals surface area contributed by atoms with E-state index < -0.39 is 17.8 Å². The quantitative estimate of drug-likeness (QED) is 0.894. The third kappa shape index (κ3) is 4.27. The van der Waals surface area contributed by atoms with Crippen LogP contribution in [0.4, 0.5) is 10.1 Å². The summed E-state index contributed by atoms with van der Waals surface area (Å²) in [5.74, 6) is -1.21. The number of benzene rings is 1. The summed E-state index contributed by atoms with van der Waals surface area (Å²) >= 11 is 0. The average Bonchev–Trinajstić information content (AvgIpc) is 2.50. The summed E-state index contributed by atoms with van der Waals surface area (Å²) in [4.78, 5) is 24.1. The molecule has 120 valence electrons. The Balaban J connectivity index is 1.89. The summed E-state index contributed by atoms with van der Waals surface area (Å²) in [6, 6.07) is 3.84. The lowest BCUT2D eigenvalue weighted by Gasteiger charge is -2.23. The third-order valence-corrected chi connectivity index (χ3v) is 3.73. The highest BCUT2D eigenvalue weighted by atomic mass is 19.1. The summed E-state index contributed by atoms with van der Waals surface area (Å²) in [5.41, 5.74) is 0.888. The number of anilines is 1. The molecule has 1 fully saturated rings. The summed E-state index contributed by atoms with van der Waals surface area (Å²) < 4.78 is 18.9. The SMILES string of the molecule is Cc1ccc(NC(=O)[C@@H](C)NC(=O)C2CCOCC2)c(F)c1. The second kappa shape index (κ2) is 7.35. The second-order valence-corrected chi connectivity index (χ2v) is 5.59. The smallest absolute Gasteiger partial charge is 0.246 e. The molecule has 1 aromatic carbocycles. The van der Waals surface area contributed by atoms with Crippen molar-refractivity contribution in [3.05, 3.63) is 29.6 Å². The normalized spacial score (nSPS) is 16.9. The Hall–Kier alpha value is -1.95. The van der Waals surface area contributed by atoms with Gasteiger partial charge in [0.1, 0.15) is 11.9 Å². The van der Waals surface area contributed by atoms with E-state index in [-0.39, 0.29) is 17.5 Å². The molecule has 0 saturated carbocycles. The van der Waals surface area contributed by atoms with Crippen molar-refractivity contribution in [3.8, 4) is 0 Å². The lowest BCUT2D eigenvalue weighted by atomic mass is 9.99. The van der Waals surface area contributed by atoms with Crippen LogP contribution in [0.2, 0.25) is 0 Å². The first-order valence-corrected chi connectivity index (χ1v) is 7.42. The average molecular weight is 308 g/mol. The molecule has 22 heavy (non-hydrogen) atoms. The van der Waals surface area contributed by atoms with Crippen LogP contribution in [0, 0.1) is 18.7 Å². The predicted molar refractivity (Wildman–Crippen MR) is 80.9 cm³/mol. The van der Waals surface area contributed by atoms with E-state index in [2.05, 4.69) is 10.6 Å². The van der Waals surface area contributed by atoms with Crippen LogP contribution in [0.15, 0.2) is 18.2 Å². The van der Waals surface area contributed by atoms with Gasteiger partial charge in [0, 0.05) is 19.1 Å². The molecule has 1 aliphatic heterocycles. The molecular formula is C16H21FN2O3. The van der Waals surface area contributed by atoms with E-state index in [1.165, 1.54) is 12.1 Å². The first kappa shape index (κ1) is 16.4. The van der Waals surface area contributed by atoms with E-state index >= 15 is 0 Å². The zero-order chi connectivity index (χ0) is 16.1. The van der Waals surface area contributed by atoms with E-state index in [0.29, 0.717) is 26.1 Å². The van der Waals surface area contributed by atoms with Crippen LogP contribution >= 0.6 is 0 Å². The molecule has 5 nitrogen and oxygen atoms in total. The van der Waals surface area contributed by atoms with Crippen molar-refractivity contribution >= 4 is 17.5 Å². The summed E-state index contributed by atoms with van der Waals surface area (Å²) in [6.07, 6.45) is 1.32. The summed E-state index contributed by atoms with van der Waals surface area (Å²) in [7, 11) is 0. The van der Waals surface area contributed by atoms with Crippen molar-refractivity contribution in [1.29, 1.82) is 0 Å². The maximum atomic E-state index is 13.7. The first-order chi connectivity index (χ1) is 10.5. The predicted octanol–water partition coefficient (Wildman–Crippen LogP) is 2.00. The molecule has 0 spiro atoms. The van der Waals surface area contributed by atoms with Gasteiger partial charge in [-0.3, -0.25) is 9.59 Å². The van der Waals surface area contributed by atoms with Gasteiger partial charge in [-0.2, -0.15) is 0 Å². The summed E-state index contributed by atoms with van der Waals surface area (Å²) in [6.45, 7) is 4.48. The summed E-state index contributed by atoms with van der Waals surface area (Å²) in [5, 5.41) is 5.16. The topological polar surface area (TPSA) is 67.4 Å². The van der Waals surface area contributed by atoms with Gasteiger partial charge in [-0.15, -0.1) is 0 Å². The molecule has 2 rings (SSSR count). The van der Waals surface area contributed by atoms with Crippen LogP contribution in [0.3, 0.4) is 0 Å². The minimum Gasteiger partial charge on any atom is -0.381 e. The highest BCUT2D eigenvalue weighted by Crippen LogP contribution is 2.16. The fourth-order valence-electron chi connectivity index (χ4n) is 2.32. The van der Waals surface area contributed by atoms with Crippen molar-refractivity contribution in [2.24, 2.45) is 5.92 Å². The third-order valence-electron chi connectivity index (χ3n) is 3.73. The highest BCUT2D eigenvalue weighted by Gasteiger charge is 2.25. The van der Waals surface area contributed by atoms with Crippen molar-refractivity contribution in [3.63, 3.8) is 0 Å². The zero-order valence-electron chi connectivity index (χ0n) is 12.8. The maximum absolute atomic E-state index is 13.7. The molecule has 0 aromatic heterocycles. The zero-order valence-corrected chi connectivity index (χ0v) is 12.8. The minimum absolute atomic E-state index is 0.114. The number of hydrogen-bond acceptors (Lipinski definition) is 3. The Bertz CT molecular complexity index is 556. The molecule has 1 aliphatic rings. The largest absolute Gasteiger partial charge is 0.381 e. The number of aryl methyl sites for hydroxylation is 1. The molecule has 1 atom stereocenters. The van der Waals surface area contributed by atoms with E-state index in [1.54, 1.807) is 19.9 Å². The highest BCUT2D eigenvalue weighted by molar-refractivity contribution is 5.97. The number of amides is 2. The van der Waals surface area contributed by atoms with Crippen molar-refractivity contribution in [2.75, 3.05) is 18.5 Å². The molecular weight excluding hydrogens is 287 g/mol. The van der Waals surface area contributed by atoms with E-state index in [4.69, 9.17) is 4.74 Å². The standard InChI is InChI=1S/C16H21FN2O3/c1-10-3-4-14(13(17)9-10)19-15(20)11(2)18-16(21)12-5-7-22-8-6-12/h3-4,9,11-12H,5-8H2,1-2H3,(H,18,21)(H,19,20)/t11-/m1/s1. The Labute approximate surface area is 129 Å². The van der Waals surface area contributed by atoms with Crippen molar-refractivity contribution in [1.82, 2.24) is 5.32 Å². The maximum Gasteiger partial charge on any atom is 0.246 e. The van der Waals surface area contributed by atoms with Gasteiger partial charge >= 0.3 is 0 Å². The molecule has 0 bridgehead atoms. The van der Waals surface area contributed by atoms with Crippen LogP contribution in [-0.4, -0.2) is 31.1 Å². The minimum atomic E-state index is -0.726. The van der Waals surface area contributed by atoms with Crippen LogP contribution in [0.1, 0.15) is 25.3 Å². The van der Waals surface area contributed by atoms with Crippen LogP contribution < -0.4 is 10.6 Å². The number of carbonyl (C=O) groups excluding carboxylic acids is 2. The molecule has 1 saturated heterocycles. The van der Waals surface area contributed by atoms with Gasteiger partial charge in [0.2, 0.25) is 11.8 Å². The Kier molecular flexibility index (Phi) is 5.49. The van der Waals surface area contributed by atoms with E-state index in [9.17, 15) is 14.0 Å². The number of nitrogens with one attached hydrogen (secondary N) is 2. The molecule has 1 heterocycles. The fourth-order valence-corrected chi connectivity index (χ4v) is 2.32. The molecule has 0 unspecified atom stereocenters. The van der Waals surface area contributed by atoms with Crippen molar-refractivity contribution < 1.29 is 18.7 Å². The van der Waals surface area contributed by atoms with Gasteiger partial charge in [-0.05, 0) is 44.4 Å². The lowest BCUT2D eigenvalue weighted by Crippen LogP contribution is -2.45. The number of rotatable bonds is 4. The number of hydrogen-bond donors (Lipinski definition) is 2. The van der Waals surface area contributed by atoms with Crippen LogP contribution in [-0.2, 0) is 14.3 Å². The van der Waals surface area contributed by atoms with E-state index in [1.807, 2.05) is 0 Å². The van der Waals surface area contributed by atoms with Gasteiger partial charge in [-0.25, -0.2) is 4.39 Å². The Morgan fingerprint density at radius 1 is 1.32 bits per heavy atom. The number of carbonyl (C=O) groups is 2. The van der Waals surface area contributed by atoms with Crippen molar-refractivity contribution in [2.45, 2.75) is 32.7 Å². The van der Waals surface area contributed by atoms with E-state index in [0.717, 1.165) is 5.56 Å². The second-order valence-electron chi connectivity index (χ2n) is 5.59. The molecule has 2 amide bonds. The molecule has 1 aromatic rings. The Morgan fingerprint density at radius 2 is 2.00 bits per heavy atom. The van der Waals surface area contributed by atoms with Crippen LogP contribution in [0.5, 0.6) is 0 Å². The number of ether oxygens (including phenoxy) is 1. The molecule has 0 aliphatic carbocycles. The monoisotopic (exact) mass is 308 g/mol. The molecule has 6 heteroatoms. The van der Waals surface area contributed by atoms with Gasteiger partial charge in [-0.1, -0.05) is 6.07 Å². The molecule has 0 radical (unpaired) electrons. The van der Waals surface area contributed by atoms with Crippen LogP contribution in [0.25, 0.3) is 0 Å². The Morgan fingerprint density at radius 3 is 2.64 bits per heavy atom. The van der Waals surface area contributed by atoms with Gasteiger partial charge in [0.25, 0.3) is 0 Å².